The first-order chi connectivity index (χ1) is 18.7. The van der Waals surface area contributed by atoms with Gasteiger partial charge in [0.15, 0.2) is 5.17 Å². The van der Waals surface area contributed by atoms with Crippen LogP contribution in [0.4, 0.5) is 24.5 Å². The molecule has 3 aromatic rings. The van der Waals surface area contributed by atoms with Gasteiger partial charge in [-0.3, -0.25) is 9.69 Å². The second-order valence-corrected chi connectivity index (χ2v) is 9.05. The van der Waals surface area contributed by atoms with Crippen LogP contribution in [0.2, 0.25) is 0 Å². The van der Waals surface area contributed by atoms with Gasteiger partial charge in [-0.05, 0) is 60.0 Å². The molecule has 0 unspecified atom stereocenters. The zero-order valence-corrected chi connectivity index (χ0v) is 21.5. The van der Waals surface area contributed by atoms with E-state index in [9.17, 15) is 18.0 Å². The number of aliphatic imine (C=N–C) groups is 1. The second-order valence-electron chi connectivity index (χ2n) is 8.11. The van der Waals surface area contributed by atoms with Gasteiger partial charge in [-0.1, -0.05) is 49.0 Å². The minimum atomic E-state index is -4.75. The van der Waals surface area contributed by atoms with Crippen molar-refractivity contribution in [3.05, 3.63) is 89.5 Å². The summed E-state index contributed by atoms with van der Waals surface area (Å²) in [7, 11) is 0. The molecule has 0 aromatic heterocycles. The van der Waals surface area contributed by atoms with Crippen LogP contribution in [0, 0.1) is 0 Å². The Balaban J connectivity index is 1.38. The Hall–Kier alpha value is -4.45. The quantitative estimate of drug-likeness (QED) is 0.252. The van der Waals surface area contributed by atoms with Crippen molar-refractivity contribution in [1.29, 1.82) is 0 Å². The number of carbonyl (C=O) groups excluding carboxylic acids is 1. The normalized spacial score (nSPS) is 15.7. The van der Waals surface area contributed by atoms with Crippen molar-refractivity contribution < 1.29 is 27.7 Å². The van der Waals surface area contributed by atoms with E-state index >= 15 is 0 Å². The lowest BCUT2D eigenvalue weighted by atomic mass is 10.1. The number of hydrogen-bond acceptors (Lipinski definition) is 6. The molecule has 1 amide bonds. The number of rotatable bonds is 8. The molecule has 12 heteroatoms. The van der Waals surface area contributed by atoms with Gasteiger partial charge in [0.1, 0.15) is 11.4 Å². The Labute approximate surface area is 226 Å². The van der Waals surface area contributed by atoms with Gasteiger partial charge in [-0.25, -0.2) is 4.99 Å². The molecule has 0 radical (unpaired) electrons. The number of nitrogen functional groups attached to an aromatic ring is 1. The topological polar surface area (TPSA) is 107 Å². The van der Waals surface area contributed by atoms with Crippen molar-refractivity contribution >= 4 is 52.6 Å². The number of nitrogens with zero attached hydrogens (tertiary/aromatic N) is 4. The maximum Gasteiger partial charge on any atom is 0.573 e. The van der Waals surface area contributed by atoms with E-state index in [2.05, 4.69) is 24.9 Å². The molecule has 0 atom stereocenters. The molecule has 1 heterocycles. The van der Waals surface area contributed by atoms with Crippen molar-refractivity contribution in [2.24, 2.45) is 20.9 Å². The van der Waals surface area contributed by atoms with Crippen molar-refractivity contribution in [3.63, 3.8) is 0 Å². The fourth-order valence-electron chi connectivity index (χ4n) is 3.59. The lowest BCUT2D eigenvalue weighted by Crippen LogP contribution is -2.74. The van der Waals surface area contributed by atoms with Crippen LogP contribution in [0.3, 0.4) is 0 Å². The van der Waals surface area contributed by atoms with E-state index in [-0.39, 0.29) is 11.7 Å². The smallest absolute Gasteiger partial charge is 0.406 e. The van der Waals surface area contributed by atoms with Gasteiger partial charge in [0, 0.05) is 5.56 Å². The average Bonchev–Trinajstić information content (AvgIpc) is 3.28. The van der Waals surface area contributed by atoms with E-state index in [1.165, 1.54) is 42.4 Å². The number of ether oxygens (including phenoxy) is 1. The number of amidine groups is 2. The second kappa shape index (κ2) is 12.4. The van der Waals surface area contributed by atoms with Crippen molar-refractivity contribution in [1.82, 2.24) is 0 Å². The summed E-state index contributed by atoms with van der Waals surface area (Å²) in [5.41, 5.74) is 9.83. The average molecular weight is 554 g/mol. The molecule has 0 aliphatic carbocycles. The number of nitrogens with one attached hydrogen (secondary N) is 1. The summed E-state index contributed by atoms with van der Waals surface area (Å²) in [6.07, 6.45) is -1.03. The van der Waals surface area contributed by atoms with Gasteiger partial charge in [0.2, 0.25) is 18.1 Å². The van der Waals surface area contributed by atoms with Crippen LogP contribution in [-0.2, 0) is 11.2 Å². The van der Waals surface area contributed by atoms with Crippen molar-refractivity contribution in [2.45, 2.75) is 19.7 Å². The Bertz CT molecular complexity index is 1440. The van der Waals surface area contributed by atoms with Crippen LogP contribution >= 0.6 is 11.8 Å². The molecule has 1 aliphatic heterocycles. The Kier molecular flexibility index (Phi) is 8.77. The van der Waals surface area contributed by atoms with Gasteiger partial charge in [0.05, 0.1) is 17.7 Å². The first-order valence-corrected chi connectivity index (χ1v) is 12.7. The number of benzene rings is 3. The molecule has 1 aliphatic rings. The van der Waals surface area contributed by atoms with Crippen LogP contribution in [0.25, 0.3) is 0 Å². The number of para-hydroxylation sites is 1. The number of anilines is 1. The van der Waals surface area contributed by atoms with Gasteiger partial charge in [-0.15, -0.1) is 23.3 Å². The number of nitrogens with two attached hydrogens (primary N) is 1. The van der Waals surface area contributed by atoms with Crippen LogP contribution in [-0.4, -0.2) is 41.6 Å². The number of hydrogen-bond donors (Lipinski definition) is 2. The lowest BCUT2D eigenvalue weighted by molar-refractivity contribution is -0.303. The third-order valence-corrected chi connectivity index (χ3v) is 6.37. The van der Waals surface area contributed by atoms with Gasteiger partial charge >= 0.3 is 6.36 Å². The van der Waals surface area contributed by atoms with Gasteiger partial charge in [0.25, 0.3) is 0 Å². The Morgan fingerprint density at radius 1 is 1.10 bits per heavy atom. The summed E-state index contributed by atoms with van der Waals surface area (Å²) in [5, 5.41) is 8.98. The van der Waals surface area contributed by atoms with Crippen LogP contribution < -0.4 is 20.4 Å². The molecule has 39 heavy (non-hydrogen) atoms. The molecule has 1 fully saturated rings. The van der Waals surface area contributed by atoms with E-state index in [0.717, 1.165) is 23.2 Å². The number of alkyl halides is 3. The lowest BCUT2D eigenvalue weighted by Gasteiger charge is -2.18. The highest BCUT2D eigenvalue weighted by atomic mass is 32.2. The molecular formula is C27H24F3N6O2S+. The molecule has 0 saturated carbocycles. The van der Waals surface area contributed by atoms with Crippen LogP contribution in [0.15, 0.2) is 88.0 Å². The largest absolute Gasteiger partial charge is 0.573 e. The molecule has 0 bridgehead atoms. The van der Waals surface area contributed by atoms with Crippen molar-refractivity contribution in [2.75, 3.05) is 10.7 Å². The van der Waals surface area contributed by atoms with E-state index in [1.54, 1.807) is 35.4 Å². The standard InChI is InChI=1S/C27H23F3N6O2S/c1-2-19-5-3-4-6-23(19)36-24(37)16-39-26(36)35-34-15-18-7-9-20(10-8-18)25(31)33-17-32-21-11-13-22(14-12-21)38-27(28,29)30/h3-15,17H,2,16H2,1H3,(H2,31,32,33)/p+1/b34-15+,35-26-. The molecule has 4 rings (SSSR count). The third kappa shape index (κ3) is 7.54. The summed E-state index contributed by atoms with van der Waals surface area (Å²) >= 11 is 1.34. The van der Waals surface area contributed by atoms with E-state index < -0.39 is 6.36 Å². The molecule has 1 saturated heterocycles. The summed E-state index contributed by atoms with van der Waals surface area (Å²) in [6.45, 7) is 2.04. The maximum absolute atomic E-state index is 12.5. The highest BCUT2D eigenvalue weighted by molar-refractivity contribution is 8.15. The predicted octanol–water partition coefficient (Wildman–Crippen LogP) is 3.76. The van der Waals surface area contributed by atoms with Crippen molar-refractivity contribution in [3.8, 4) is 5.75 Å². The molecule has 0 spiro atoms. The SMILES string of the molecule is CCc1ccccc1N1C(=O)CS/C1=N\N=C\c1ccc(C(N)=[NH+]C=Nc2ccc(OC(F)(F)F)cc2)cc1. The van der Waals surface area contributed by atoms with E-state index in [1.807, 2.05) is 31.2 Å². The maximum atomic E-state index is 12.5. The highest BCUT2D eigenvalue weighted by Gasteiger charge is 2.31. The fourth-order valence-corrected chi connectivity index (χ4v) is 4.40. The summed E-state index contributed by atoms with van der Waals surface area (Å²) in [5.74, 6) is 0.272. The minimum Gasteiger partial charge on any atom is -0.406 e. The predicted molar refractivity (Wildman–Crippen MR) is 148 cm³/mol. The number of carbonyl (C=O) groups is 1. The van der Waals surface area contributed by atoms with E-state index in [4.69, 9.17) is 5.73 Å². The molecular weight excluding hydrogens is 529 g/mol. The highest BCUT2D eigenvalue weighted by Crippen LogP contribution is 2.30. The monoisotopic (exact) mass is 553 g/mol. The van der Waals surface area contributed by atoms with Crippen LogP contribution in [0.1, 0.15) is 23.6 Å². The summed E-state index contributed by atoms with van der Waals surface area (Å²) in [6, 6.07) is 20.0. The molecule has 8 nitrogen and oxygen atoms in total. The minimum absolute atomic E-state index is 0.0336. The third-order valence-electron chi connectivity index (χ3n) is 5.45. The first kappa shape index (κ1) is 27.6. The Morgan fingerprint density at radius 2 is 1.82 bits per heavy atom. The number of thioether (sulfide) groups is 1. The fraction of sp³-hybridized carbons (Fsp3) is 0.148. The number of halogens is 3. The molecule has 200 valence electrons. The number of amides is 1. The zero-order chi connectivity index (χ0) is 27.8. The van der Waals surface area contributed by atoms with Gasteiger partial charge < -0.3 is 10.5 Å². The number of aryl methyl sites for hydroxylation is 1. The first-order valence-electron chi connectivity index (χ1n) is 11.8. The summed E-state index contributed by atoms with van der Waals surface area (Å²) in [4.78, 5) is 21.1. The Morgan fingerprint density at radius 3 is 2.51 bits per heavy atom. The van der Waals surface area contributed by atoms with E-state index in [0.29, 0.717) is 28.0 Å². The molecule has 3 N–H and O–H groups in total. The summed E-state index contributed by atoms with van der Waals surface area (Å²) < 4.78 is 40.6. The van der Waals surface area contributed by atoms with Gasteiger partial charge in [-0.2, -0.15) is 5.10 Å². The zero-order valence-electron chi connectivity index (χ0n) is 20.7. The molecule has 3 aromatic carbocycles. The van der Waals surface area contributed by atoms with Crippen LogP contribution in [0.5, 0.6) is 5.75 Å².